The van der Waals surface area contributed by atoms with Gasteiger partial charge in [-0.1, -0.05) is 28.6 Å². The average Bonchev–Trinajstić information content (AvgIpc) is 2.85. The summed E-state index contributed by atoms with van der Waals surface area (Å²) in [6.45, 7) is 3.81. The molecule has 0 atom stereocenters. The number of para-hydroxylation sites is 2. The number of rotatable bonds is 1. The zero-order valence-electron chi connectivity index (χ0n) is 9.51. The highest BCUT2D eigenvalue weighted by atomic mass is 32.1. The van der Waals surface area contributed by atoms with Crippen molar-refractivity contribution in [3.63, 3.8) is 0 Å². The predicted molar refractivity (Wildman–Crippen MR) is 69.3 cm³/mol. The third-order valence-corrected chi connectivity index (χ3v) is 4.12. The Morgan fingerprint density at radius 3 is 2.94 bits per heavy atom. The van der Waals surface area contributed by atoms with Gasteiger partial charge in [-0.15, -0.1) is 0 Å². The second-order valence-electron chi connectivity index (χ2n) is 3.92. The van der Waals surface area contributed by atoms with E-state index in [9.17, 15) is 0 Å². The first-order valence-electron chi connectivity index (χ1n) is 5.28. The lowest BCUT2D eigenvalue weighted by atomic mass is 10.3. The fraction of sp³-hybridized carbons (Fsp3) is 0.167. The third kappa shape index (κ3) is 1.36. The Kier molecular flexibility index (Phi) is 2.16. The Balaban J connectivity index is 2.43. The van der Waals surface area contributed by atoms with Gasteiger partial charge in [-0.3, -0.25) is 4.40 Å². The number of aryl methyl sites for hydroxylation is 1. The molecule has 4 nitrogen and oxygen atoms in total. The van der Waals surface area contributed by atoms with E-state index in [0.29, 0.717) is 5.71 Å². The van der Waals surface area contributed by atoms with Gasteiger partial charge in [-0.05, 0) is 26.0 Å². The monoisotopic (exact) mass is 245 g/mol. The highest BCUT2D eigenvalue weighted by Crippen LogP contribution is 2.27. The van der Waals surface area contributed by atoms with Crippen molar-refractivity contribution < 1.29 is 5.21 Å². The lowest BCUT2D eigenvalue weighted by Crippen LogP contribution is -1.95. The van der Waals surface area contributed by atoms with E-state index in [1.165, 1.54) is 0 Å². The molecule has 0 spiro atoms. The summed E-state index contributed by atoms with van der Waals surface area (Å²) < 4.78 is 2.10. The molecule has 0 amide bonds. The summed E-state index contributed by atoms with van der Waals surface area (Å²) in [6, 6.07) is 8.03. The Bertz CT molecular complexity index is 739. The summed E-state index contributed by atoms with van der Waals surface area (Å²) in [4.78, 5) is 6.46. The average molecular weight is 245 g/mol. The highest BCUT2D eigenvalue weighted by Gasteiger charge is 2.15. The first-order chi connectivity index (χ1) is 8.22. The summed E-state index contributed by atoms with van der Waals surface area (Å²) in [7, 11) is 0. The maximum atomic E-state index is 8.85. The topological polar surface area (TPSA) is 49.9 Å². The molecule has 0 radical (unpaired) electrons. The molecule has 3 aromatic rings. The van der Waals surface area contributed by atoms with E-state index in [-0.39, 0.29) is 0 Å². The van der Waals surface area contributed by atoms with Crippen molar-refractivity contribution in [3.8, 4) is 0 Å². The number of nitrogens with zero attached hydrogens (tertiary/aromatic N) is 3. The van der Waals surface area contributed by atoms with Crippen LogP contribution in [0.3, 0.4) is 0 Å². The van der Waals surface area contributed by atoms with Crippen LogP contribution in [0, 0.1) is 6.92 Å². The van der Waals surface area contributed by atoms with E-state index < -0.39 is 0 Å². The molecule has 2 heterocycles. The molecule has 1 N–H and O–H groups in total. The number of aromatic nitrogens is 2. The lowest BCUT2D eigenvalue weighted by molar-refractivity contribution is 0.319. The molecule has 0 unspecified atom stereocenters. The summed E-state index contributed by atoms with van der Waals surface area (Å²) >= 11 is 1.54. The van der Waals surface area contributed by atoms with Crippen LogP contribution in [0.1, 0.15) is 17.5 Å². The van der Waals surface area contributed by atoms with Crippen LogP contribution < -0.4 is 0 Å². The molecular weight excluding hydrogens is 234 g/mol. The zero-order chi connectivity index (χ0) is 12.0. The van der Waals surface area contributed by atoms with Gasteiger partial charge in [0.1, 0.15) is 0 Å². The van der Waals surface area contributed by atoms with Crippen molar-refractivity contribution in [2.24, 2.45) is 5.16 Å². The highest BCUT2D eigenvalue weighted by molar-refractivity contribution is 7.19. The van der Waals surface area contributed by atoms with Crippen molar-refractivity contribution in [2.45, 2.75) is 13.8 Å². The van der Waals surface area contributed by atoms with Gasteiger partial charge in [0.25, 0.3) is 0 Å². The normalized spacial score (nSPS) is 12.7. The Morgan fingerprint density at radius 1 is 1.41 bits per heavy atom. The number of hydrogen-bond donors (Lipinski definition) is 1. The minimum Gasteiger partial charge on any atom is -0.411 e. The van der Waals surface area contributed by atoms with Gasteiger partial charge >= 0.3 is 0 Å². The van der Waals surface area contributed by atoms with Gasteiger partial charge in [0.05, 0.1) is 21.6 Å². The maximum absolute atomic E-state index is 8.85. The van der Waals surface area contributed by atoms with Crippen LogP contribution in [-0.4, -0.2) is 20.3 Å². The molecule has 0 bridgehead atoms. The minimum atomic E-state index is 0.627. The number of oxime groups is 1. The summed E-state index contributed by atoms with van der Waals surface area (Å²) in [5.74, 6) is 0. The minimum absolute atomic E-state index is 0.627. The number of benzene rings is 1. The SMILES string of the molecule is CC(=NO)c1sc2nc3ccccc3n2c1C. The van der Waals surface area contributed by atoms with Crippen molar-refractivity contribution in [2.75, 3.05) is 0 Å². The molecule has 0 saturated carbocycles. The van der Waals surface area contributed by atoms with Gasteiger partial charge in [-0.2, -0.15) is 0 Å². The zero-order valence-corrected chi connectivity index (χ0v) is 10.3. The Labute approximate surface area is 102 Å². The van der Waals surface area contributed by atoms with Crippen molar-refractivity contribution >= 4 is 33.0 Å². The Hall–Kier alpha value is -1.88. The predicted octanol–water partition coefficient (Wildman–Crippen LogP) is 3.06. The number of imidazole rings is 1. The lowest BCUT2D eigenvalue weighted by Gasteiger charge is -1.97. The fourth-order valence-corrected chi connectivity index (χ4v) is 3.12. The molecule has 17 heavy (non-hydrogen) atoms. The molecule has 0 saturated heterocycles. The number of fused-ring (bicyclic) bond motifs is 3. The summed E-state index contributed by atoms with van der Waals surface area (Å²) in [5.41, 5.74) is 3.77. The molecule has 3 rings (SSSR count). The first kappa shape index (κ1) is 10.3. The molecular formula is C12H11N3OS. The van der Waals surface area contributed by atoms with Crippen LogP contribution in [-0.2, 0) is 0 Å². The van der Waals surface area contributed by atoms with E-state index in [0.717, 1.165) is 26.6 Å². The molecule has 2 aromatic heterocycles. The second-order valence-corrected chi connectivity index (χ2v) is 4.90. The van der Waals surface area contributed by atoms with Crippen molar-refractivity contribution in [1.82, 2.24) is 9.38 Å². The Morgan fingerprint density at radius 2 is 2.18 bits per heavy atom. The van der Waals surface area contributed by atoms with Crippen LogP contribution >= 0.6 is 11.3 Å². The van der Waals surface area contributed by atoms with Crippen LogP contribution in [0.25, 0.3) is 16.0 Å². The molecule has 0 aliphatic carbocycles. The van der Waals surface area contributed by atoms with Gasteiger partial charge in [0.2, 0.25) is 0 Å². The van der Waals surface area contributed by atoms with Crippen LogP contribution in [0.2, 0.25) is 0 Å². The van der Waals surface area contributed by atoms with Crippen LogP contribution in [0.5, 0.6) is 0 Å². The van der Waals surface area contributed by atoms with E-state index in [1.807, 2.05) is 31.2 Å². The van der Waals surface area contributed by atoms with Gasteiger partial charge in [0, 0.05) is 5.69 Å². The summed E-state index contributed by atoms with van der Waals surface area (Å²) in [6.07, 6.45) is 0. The van der Waals surface area contributed by atoms with E-state index in [4.69, 9.17) is 5.21 Å². The van der Waals surface area contributed by atoms with Crippen molar-refractivity contribution in [3.05, 3.63) is 34.8 Å². The largest absolute Gasteiger partial charge is 0.411 e. The van der Waals surface area contributed by atoms with Gasteiger partial charge in [-0.25, -0.2) is 4.98 Å². The molecule has 0 aliphatic heterocycles. The van der Waals surface area contributed by atoms with Crippen molar-refractivity contribution in [1.29, 1.82) is 0 Å². The van der Waals surface area contributed by atoms with E-state index in [2.05, 4.69) is 14.5 Å². The molecule has 5 heteroatoms. The third-order valence-electron chi connectivity index (χ3n) is 2.87. The number of thiazole rings is 1. The number of hydrogen-bond acceptors (Lipinski definition) is 4. The standard InChI is InChI=1S/C12H11N3OS/c1-7(14-16)11-8(2)15-10-6-4-3-5-9(10)13-12(15)17-11/h3-6,16H,1-2H3. The van der Waals surface area contributed by atoms with E-state index in [1.54, 1.807) is 18.3 Å². The smallest absolute Gasteiger partial charge is 0.195 e. The molecule has 0 aliphatic rings. The summed E-state index contributed by atoms with van der Waals surface area (Å²) in [5, 5.41) is 12.1. The van der Waals surface area contributed by atoms with E-state index >= 15 is 0 Å². The first-order valence-corrected chi connectivity index (χ1v) is 6.09. The van der Waals surface area contributed by atoms with Gasteiger partial charge in [0.15, 0.2) is 4.96 Å². The van der Waals surface area contributed by atoms with Gasteiger partial charge < -0.3 is 5.21 Å². The van der Waals surface area contributed by atoms with Crippen LogP contribution in [0.4, 0.5) is 0 Å². The van der Waals surface area contributed by atoms with Crippen LogP contribution in [0.15, 0.2) is 29.4 Å². The maximum Gasteiger partial charge on any atom is 0.195 e. The quantitative estimate of drug-likeness (QED) is 0.407. The second kappa shape index (κ2) is 3.56. The molecule has 1 aromatic carbocycles. The molecule has 86 valence electrons. The fourth-order valence-electron chi connectivity index (χ4n) is 2.04. The molecule has 0 fully saturated rings.